The molecule has 0 spiro atoms. The molecule has 0 fully saturated rings. The highest BCUT2D eigenvalue weighted by Crippen LogP contribution is 2.39. The Bertz CT molecular complexity index is 751. The number of furan rings is 1. The highest BCUT2D eigenvalue weighted by Gasteiger charge is 2.18. The number of benzene rings is 1. The summed E-state index contributed by atoms with van der Waals surface area (Å²) in [6, 6.07) is 5.93. The summed E-state index contributed by atoms with van der Waals surface area (Å²) < 4.78 is 20.7. The lowest BCUT2D eigenvalue weighted by atomic mass is 10.1. The minimum Gasteiger partial charge on any atom is -0.493 e. The first-order valence-corrected chi connectivity index (χ1v) is 6.91. The van der Waals surface area contributed by atoms with Gasteiger partial charge in [-0.15, -0.1) is 0 Å². The molecule has 0 aliphatic carbocycles. The van der Waals surface area contributed by atoms with Crippen molar-refractivity contribution in [3.63, 3.8) is 0 Å². The summed E-state index contributed by atoms with van der Waals surface area (Å²) in [6.07, 6.45) is 0. The van der Waals surface area contributed by atoms with Crippen molar-refractivity contribution in [3.8, 4) is 17.2 Å². The molecule has 0 unspecified atom stereocenters. The Morgan fingerprint density at radius 3 is 2.21 bits per heavy atom. The van der Waals surface area contributed by atoms with E-state index in [-0.39, 0.29) is 18.1 Å². The Kier molecular flexibility index (Phi) is 5.31. The lowest BCUT2D eigenvalue weighted by Gasteiger charge is -2.15. The van der Waals surface area contributed by atoms with E-state index in [1.54, 1.807) is 12.1 Å². The van der Waals surface area contributed by atoms with Crippen LogP contribution in [0.25, 0.3) is 0 Å². The second-order valence-corrected chi connectivity index (χ2v) is 4.65. The molecular weight excluding hydrogens is 318 g/mol. The zero-order chi connectivity index (χ0) is 17.7. The van der Waals surface area contributed by atoms with Crippen LogP contribution in [0.3, 0.4) is 0 Å². The second kappa shape index (κ2) is 7.40. The van der Waals surface area contributed by atoms with Gasteiger partial charge < -0.3 is 29.1 Å². The van der Waals surface area contributed by atoms with Crippen LogP contribution in [0.4, 0.5) is 0 Å². The molecule has 0 atom stereocenters. The maximum absolute atomic E-state index is 12.0. The van der Waals surface area contributed by atoms with Gasteiger partial charge in [0.05, 0.1) is 21.3 Å². The van der Waals surface area contributed by atoms with Crippen LogP contribution in [0.2, 0.25) is 0 Å². The molecule has 8 heteroatoms. The molecular formula is C16H17NO7. The van der Waals surface area contributed by atoms with Crippen molar-refractivity contribution in [2.45, 2.75) is 6.54 Å². The van der Waals surface area contributed by atoms with Gasteiger partial charge in [-0.1, -0.05) is 0 Å². The van der Waals surface area contributed by atoms with Crippen molar-refractivity contribution in [2.75, 3.05) is 21.3 Å². The fraction of sp³-hybridized carbons (Fsp3) is 0.250. The predicted octanol–water partition coefficient (Wildman–Crippen LogP) is 1.93. The molecule has 0 aliphatic rings. The number of carbonyl (C=O) groups is 2. The molecule has 0 saturated heterocycles. The number of amides is 1. The van der Waals surface area contributed by atoms with Crippen molar-refractivity contribution in [3.05, 3.63) is 41.3 Å². The van der Waals surface area contributed by atoms with Gasteiger partial charge in [-0.2, -0.15) is 0 Å². The predicted molar refractivity (Wildman–Crippen MR) is 82.9 cm³/mol. The van der Waals surface area contributed by atoms with Crippen molar-refractivity contribution in [1.82, 2.24) is 5.32 Å². The van der Waals surface area contributed by atoms with Crippen molar-refractivity contribution in [1.29, 1.82) is 0 Å². The van der Waals surface area contributed by atoms with Crippen LogP contribution >= 0.6 is 0 Å². The molecule has 1 aromatic heterocycles. The fourth-order valence-corrected chi connectivity index (χ4v) is 2.14. The Hall–Kier alpha value is -3.16. The van der Waals surface area contributed by atoms with E-state index < -0.39 is 11.9 Å². The van der Waals surface area contributed by atoms with E-state index in [9.17, 15) is 9.59 Å². The summed E-state index contributed by atoms with van der Waals surface area (Å²) in [7, 11) is 4.48. The molecule has 1 heterocycles. The van der Waals surface area contributed by atoms with Gasteiger partial charge in [0, 0.05) is 12.1 Å². The SMILES string of the molecule is COc1ccc(CNC(=O)c2ccc(C(=O)O)o2)c(OC)c1OC. The summed E-state index contributed by atoms with van der Waals surface area (Å²) in [4.78, 5) is 22.8. The highest BCUT2D eigenvalue weighted by atomic mass is 16.5. The monoisotopic (exact) mass is 335 g/mol. The molecule has 2 aromatic rings. The largest absolute Gasteiger partial charge is 0.493 e. The fourth-order valence-electron chi connectivity index (χ4n) is 2.14. The van der Waals surface area contributed by atoms with Crippen molar-refractivity contribution >= 4 is 11.9 Å². The molecule has 1 aromatic carbocycles. The maximum atomic E-state index is 12.0. The van der Waals surface area contributed by atoms with Crippen LogP contribution < -0.4 is 19.5 Å². The van der Waals surface area contributed by atoms with E-state index in [0.29, 0.717) is 22.8 Å². The van der Waals surface area contributed by atoms with E-state index in [2.05, 4.69) is 5.32 Å². The average molecular weight is 335 g/mol. The van der Waals surface area contributed by atoms with Gasteiger partial charge in [0.15, 0.2) is 17.3 Å². The van der Waals surface area contributed by atoms with Gasteiger partial charge in [0.25, 0.3) is 5.91 Å². The number of hydrogen-bond acceptors (Lipinski definition) is 6. The molecule has 24 heavy (non-hydrogen) atoms. The Morgan fingerprint density at radius 2 is 1.67 bits per heavy atom. The molecule has 0 aliphatic heterocycles. The Balaban J connectivity index is 2.16. The Labute approximate surface area is 137 Å². The van der Waals surface area contributed by atoms with Gasteiger partial charge >= 0.3 is 5.97 Å². The molecule has 0 radical (unpaired) electrons. The van der Waals surface area contributed by atoms with Gasteiger partial charge in [-0.3, -0.25) is 4.79 Å². The molecule has 0 bridgehead atoms. The lowest BCUT2D eigenvalue weighted by molar-refractivity contribution is 0.0659. The Morgan fingerprint density at radius 1 is 1.00 bits per heavy atom. The first-order valence-electron chi connectivity index (χ1n) is 6.91. The zero-order valence-electron chi connectivity index (χ0n) is 13.4. The molecule has 2 rings (SSSR count). The number of nitrogens with one attached hydrogen (secondary N) is 1. The van der Waals surface area contributed by atoms with Crippen LogP contribution in [0.5, 0.6) is 17.2 Å². The van der Waals surface area contributed by atoms with E-state index in [1.165, 1.54) is 33.5 Å². The topological polar surface area (TPSA) is 107 Å². The van der Waals surface area contributed by atoms with E-state index in [4.69, 9.17) is 23.7 Å². The number of hydrogen-bond donors (Lipinski definition) is 2. The molecule has 0 saturated carbocycles. The van der Waals surface area contributed by atoms with Crippen LogP contribution in [0.15, 0.2) is 28.7 Å². The highest BCUT2D eigenvalue weighted by molar-refractivity contribution is 5.93. The van der Waals surface area contributed by atoms with Crippen LogP contribution in [0, 0.1) is 0 Å². The summed E-state index contributed by atoms with van der Waals surface area (Å²) in [5, 5.41) is 11.4. The van der Waals surface area contributed by atoms with E-state index in [0.717, 1.165) is 0 Å². The number of carbonyl (C=O) groups excluding carboxylic acids is 1. The number of ether oxygens (including phenoxy) is 3. The summed E-state index contributed by atoms with van der Waals surface area (Å²) in [5.41, 5.74) is 0.661. The molecule has 128 valence electrons. The van der Waals surface area contributed by atoms with Gasteiger partial charge in [-0.25, -0.2) is 4.79 Å². The quantitative estimate of drug-likeness (QED) is 0.796. The summed E-state index contributed by atoms with van der Waals surface area (Å²) >= 11 is 0. The molecule has 8 nitrogen and oxygen atoms in total. The van der Waals surface area contributed by atoms with Crippen molar-refractivity contribution < 1.29 is 33.3 Å². The summed E-state index contributed by atoms with van der Waals surface area (Å²) in [5.74, 6) is -0.826. The first-order chi connectivity index (χ1) is 11.5. The minimum absolute atomic E-state index is 0.0909. The van der Waals surface area contributed by atoms with Gasteiger partial charge in [0.2, 0.25) is 11.5 Å². The second-order valence-electron chi connectivity index (χ2n) is 4.65. The minimum atomic E-state index is -1.24. The number of carboxylic acids is 1. The lowest BCUT2D eigenvalue weighted by Crippen LogP contribution is -2.22. The van der Waals surface area contributed by atoms with Gasteiger partial charge in [-0.05, 0) is 24.3 Å². The third-order valence-corrected chi connectivity index (χ3v) is 3.27. The third kappa shape index (κ3) is 3.43. The molecule has 1 amide bonds. The normalized spacial score (nSPS) is 10.1. The number of carboxylic acid groups (broad SMARTS) is 1. The van der Waals surface area contributed by atoms with Crippen molar-refractivity contribution in [2.24, 2.45) is 0 Å². The molecule has 2 N–H and O–H groups in total. The van der Waals surface area contributed by atoms with E-state index in [1.807, 2.05) is 0 Å². The zero-order valence-corrected chi connectivity index (χ0v) is 13.4. The number of aromatic carboxylic acids is 1. The van der Waals surface area contributed by atoms with Crippen LogP contribution in [-0.2, 0) is 6.54 Å². The van der Waals surface area contributed by atoms with Gasteiger partial charge in [0.1, 0.15) is 0 Å². The number of methoxy groups -OCH3 is 3. The number of rotatable bonds is 7. The first kappa shape index (κ1) is 17.2. The van der Waals surface area contributed by atoms with E-state index >= 15 is 0 Å². The summed E-state index contributed by atoms with van der Waals surface area (Å²) in [6.45, 7) is 0.130. The standard InChI is InChI=1S/C16H17NO7/c1-21-10-5-4-9(13(22-2)14(10)23-3)8-17-15(18)11-6-7-12(24-11)16(19)20/h4-7H,8H2,1-3H3,(H,17,18)(H,19,20). The average Bonchev–Trinajstić information content (AvgIpc) is 3.09. The van der Waals surface area contributed by atoms with Crippen LogP contribution in [0.1, 0.15) is 26.7 Å². The van der Waals surface area contributed by atoms with Crippen LogP contribution in [-0.4, -0.2) is 38.3 Å². The third-order valence-electron chi connectivity index (χ3n) is 3.27. The smallest absolute Gasteiger partial charge is 0.371 e. The maximum Gasteiger partial charge on any atom is 0.371 e.